The molecule has 3 rings (SSSR count). The predicted octanol–water partition coefficient (Wildman–Crippen LogP) is 7.04. The summed E-state index contributed by atoms with van der Waals surface area (Å²) in [5, 5.41) is 12.1. The van der Waals surface area contributed by atoms with E-state index in [0.717, 1.165) is 37.8 Å². The summed E-state index contributed by atoms with van der Waals surface area (Å²) in [5.74, 6) is 0. The summed E-state index contributed by atoms with van der Waals surface area (Å²) in [6, 6.07) is 13.3. The average Bonchev–Trinajstić information content (AvgIpc) is 3.12. The number of hydrogen-bond donors (Lipinski definition) is 0. The summed E-state index contributed by atoms with van der Waals surface area (Å²) in [6.45, 7) is 12.0. The van der Waals surface area contributed by atoms with E-state index in [1.165, 1.54) is 55.3 Å². The molecule has 172 valence electrons. The van der Waals surface area contributed by atoms with E-state index in [4.69, 9.17) is 4.98 Å². The van der Waals surface area contributed by atoms with Crippen LogP contribution in [0.3, 0.4) is 0 Å². The van der Waals surface area contributed by atoms with Crippen molar-refractivity contribution in [3.05, 3.63) is 58.4 Å². The summed E-state index contributed by atoms with van der Waals surface area (Å²) in [7, 11) is -1.59. The molecule has 0 N–H and O–H groups in total. The summed E-state index contributed by atoms with van der Waals surface area (Å²) >= 11 is 0. The van der Waals surface area contributed by atoms with Gasteiger partial charge in [0.2, 0.25) is 0 Å². The summed E-state index contributed by atoms with van der Waals surface area (Å²) in [4.78, 5) is 5.40. The Morgan fingerprint density at radius 2 is 1.62 bits per heavy atom. The first-order valence-electron chi connectivity index (χ1n) is 12.9. The first-order chi connectivity index (χ1) is 15.4. The number of rotatable bonds is 11. The molecule has 0 radical (unpaired) electrons. The highest BCUT2D eigenvalue weighted by molar-refractivity contribution is 6.89. The standard InChI is InChI=1S/C29H42N2Si/c1-6-8-11-17-24-26(18-12-9-7-2)31-28-25(27(24)32(3,4)5)19-20-29(28,22-30)21-23-15-13-10-14-16-23/h10,13-16H,6-9,11-12,17-21H2,1-5H3. The highest BCUT2D eigenvalue weighted by Gasteiger charge is 2.44. The van der Waals surface area contributed by atoms with Gasteiger partial charge in [-0.3, -0.25) is 4.98 Å². The molecular formula is C29H42N2Si. The Bertz CT molecular complexity index is 936. The third kappa shape index (κ3) is 5.34. The minimum atomic E-state index is -1.59. The lowest BCUT2D eigenvalue weighted by atomic mass is 9.80. The van der Waals surface area contributed by atoms with Crippen LogP contribution in [0.5, 0.6) is 0 Å². The Balaban J connectivity index is 2.15. The Labute approximate surface area is 197 Å². The summed E-state index contributed by atoms with van der Waals surface area (Å²) in [6.07, 6.45) is 12.4. The molecule has 0 bridgehead atoms. The van der Waals surface area contributed by atoms with E-state index in [1.54, 1.807) is 10.8 Å². The molecule has 32 heavy (non-hydrogen) atoms. The van der Waals surface area contributed by atoms with Crippen LogP contribution >= 0.6 is 0 Å². The van der Waals surface area contributed by atoms with E-state index >= 15 is 0 Å². The van der Waals surface area contributed by atoms with E-state index in [9.17, 15) is 5.26 Å². The van der Waals surface area contributed by atoms with Gasteiger partial charge < -0.3 is 0 Å². The molecule has 1 aliphatic carbocycles. The van der Waals surface area contributed by atoms with Crippen molar-refractivity contribution in [3.63, 3.8) is 0 Å². The number of pyridine rings is 1. The zero-order valence-corrected chi connectivity index (χ0v) is 22.1. The Morgan fingerprint density at radius 3 is 2.22 bits per heavy atom. The number of hydrogen-bond acceptors (Lipinski definition) is 2. The predicted molar refractivity (Wildman–Crippen MR) is 139 cm³/mol. The second-order valence-corrected chi connectivity index (χ2v) is 15.8. The zero-order chi connectivity index (χ0) is 23.2. The van der Waals surface area contributed by atoms with Crippen molar-refractivity contribution < 1.29 is 0 Å². The summed E-state index contributed by atoms with van der Waals surface area (Å²) < 4.78 is 0. The highest BCUT2D eigenvalue weighted by Crippen LogP contribution is 2.41. The van der Waals surface area contributed by atoms with Gasteiger partial charge in [0, 0.05) is 5.69 Å². The minimum absolute atomic E-state index is 0.480. The van der Waals surface area contributed by atoms with Crippen LogP contribution in [0, 0.1) is 11.3 Å². The Kier molecular flexibility index (Phi) is 8.34. The molecule has 2 aromatic rings. The number of benzene rings is 1. The van der Waals surface area contributed by atoms with E-state index in [2.05, 4.69) is 69.9 Å². The number of aromatic nitrogens is 1. The van der Waals surface area contributed by atoms with Crippen LogP contribution in [0.1, 0.15) is 86.9 Å². The molecule has 1 heterocycles. The number of fused-ring (bicyclic) bond motifs is 1. The van der Waals surface area contributed by atoms with E-state index < -0.39 is 13.5 Å². The normalized spacial score (nSPS) is 17.9. The Morgan fingerprint density at radius 1 is 0.969 bits per heavy atom. The molecule has 1 atom stereocenters. The lowest BCUT2D eigenvalue weighted by molar-refractivity contribution is 0.526. The van der Waals surface area contributed by atoms with Gasteiger partial charge in [0.15, 0.2) is 0 Å². The molecule has 0 aliphatic heterocycles. The molecule has 1 aromatic heterocycles. The SMILES string of the molecule is CCCCCc1nc2c(c([Si](C)(C)C)c1CCCCC)CCC2(C#N)Cc1ccccc1. The smallest absolute Gasteiger partial charge is 0.104 e. The van der Waals surface area contributed by atoms with Crippen LogP contribution in [-0.2, 0) is 31.1 Å². The molecular weight excluding hydrogens is 404 g/mol. The van der Waals surface area contributed by atoms with Crippen LogP contribution in [-0.4, -0.2) is 13.1 Å². The molecule has 3 heteroatoms. The number of nitriles is 1. The van der Waals surface area contributed by atoms with Gasteiger partial charge in [0.05, 0.1) is 19.8 Å². The van der Waals surface area contributed by atoms with Crippen molar-refractivity contribution >= 4 is 13.3 Å². The lowest BCUT2D eigenvalue weighted by Crippen LogP contribution is -2.44. The molecule has 1 unspecified atom stereocenters. The van der Waals surface area contributed by atoms with Crippen molar-refractivity contribution in [3.8, 4) is 6.07 Å². The second kappa shape index (κ2) is 10.8. The van der Waals surface area contributed by atoms with Crippen molar-refractivity contribution in [2.45, 2.75) is 110 Å². The average molecular weight is 447 g/mol. The fraction of sp³-hybridized carbons (Fsp3) is 0.586. The van der Waals surface area contributed by atoms with Gasteiger partial charge in [0.1, 0.15) is 5.41 Å². The number of nitrogens with zero attached hydrogens (tertiary/aromatic N) is 2. The third-order valence-electron chi connectivity index (χ3n) is 7.10. The lowest BCUT2D eigenvalue weighted by Gasteiger charge is -2.29. The maximum atomic E-state index is 10.5. The van der Waals surface area contributed by atoms with Crippen LogP contribution < -0.4 is 5.19 Å². The molecule has 0 fully saturated rings. The number of unbranched alkanes of at least 4 members (excludes halogenated alkanes) is 4. The summed E-state index contributed by atoms with van der Waals surface area (Å²) in [5.41, 5.74) is 6.24. The van der Waals surface area contributed by atoms with Crippen molar-refractivity contribution in [2.24, 2.45) is 0 Å². The maximum Gasteiger partial charge on any atom is 0.104 e. The largest absolute Gasteiger partial charge is 0.256 e. The van der Waals surface area contributed by atoms with Gasteiger partial charge in [0.25, 0.3) is 0 Å². The molecule has 1 aromatic carbocycles. The van der Waals surface area contributed by atoms with Crippen LogP contribution in [0.2, 0.25) is 19.6 Å². The van der Waals surface area contributed by atoms with Gasteiger partial charge in [-0.2, -0.15) is 5.26 Å². The topological polar surface area (TPSA) is 36.7 Å². The van der Waals surface area contributed by atoms with Gasteiger partial charge in [-0.25, -0.2) is 0 Å². The quantitative estimate of drug-likeness (QED) is 0.274. The van der Waals surface area contributed by atoms with Crippen molar-refractivity contribution in [1.82, 2.24) is 4.98 Å². The highest BCUT2D eigenvalue weighted by atomic mass is 28.3. The maximum absolute atomic E-state index is 10.5. The van der Waals surface area contributed by atoms with Crippen LogP contribution in [0.4, 0.5) is 0 Å². The van der Waals surface area contributed by atoms with Crippen molar-refractivity contribution in [1.29, 1.82) is 5.26 Å². The molecule has 0 spiro atoms. The minimum Gasteiger partial charge on any atom is -0.256 e. The number of aryl methyl sites for hydroxylation is 1. The zero-order valence-electron chi connectivity index (χ0n) is 21.1. The van der Waals surface area contributed by atoms with Crippen molar-refractivity contribution in [2.75, 3.05) is 0 Å². The van der Waals surface area contributed by atoms with E-state index in [1.807, 2.05) is 0 Å². The van der Waals surface area contributed by atoms with E-state index in [0.29, 0.717) is 0 Å². The van der Waals surface area contributed by atoms with Gasteiger partial charge in [-0.1, -0.05) is 94.7 Å². The fourth-order valence-electron chi connectivity index (χ4n) is 5.55. The van der Waals surface area contributed by atoms with Gasteiger partial charge in [-0.05, 0) is 61.6 Å². The Hall–Kier alpha value is -1.92. The van der Waals surface area contributed by atoms with Gasteiger partial charge >= 0.3 is 0 Å². The fourth-order valence-corrected chi connectivity index (χ4v) is 7.87. The monoisotopic (exact) mass is 446 g/mol. The molecule has 0 saturated carbocycles. The van der Waals surface area contributed by atoms with E-state index in [-0.39, 0.29) is 0 Å². The second-order valence-electron chi connectivity index (χ2n) is 10.8. The molecule has 1 aliphatic rings. The first kappa shape index (κ1) is 24.7. The molecule has 0 saturated heterocycles. The van der Waals surface area contributed by atoms with Crippen LogP contribution in [0.15, 0.2) is 30.3 Å². The molecule has 0 amide bonds. The van der Waals surface area contributed by atoms with Crippen LogP contribution in [0.25, 0.3) is 0 Å². The first-order valence-corrected chi connectivity index (χ1v) is 16.4. The third-order valence-corrected chi connectivity index (χ3v) is 9.20. The van der Waals surface area contributed by atoms with Gasteiger partial charge in [-0.15, -0.1) is 0 Å². The molecule has 2 nitrogen and oxygen atoms in total.